The van der Waals surface area contributed by atoms with Gasteiger partial charge in [-0.25, -0.2) is 0 Å². The van der Waals surface area contributed by atoms with Crippen molar-refractivity contribution in [2.45, 2.75) is 29.1 Å². The largest absolute Gasteiger partial charge is 0.295 e. The summed E-state index contributed by atoms with van der Waals surface area (Å²) in [7, 11) is 0. The Hall–Kier alpha value is -4.99. The Morgan fingerprint density at radius 1 is 0.545 bits per heavy atom. The maximum absolute atomic E-state index is 2.50. The van der Waals surface area contributed by atoms with E-state index in [1.807, 2.05) is 11.8 Å². The number of hydrogen-bond acceptors (Lipinski definition) is 1. The number of nitrogens with zero attached hydrogens (tertiary/aromatic N) is 2. The number of fused-ring (bicyclic) bond motifs is 10. The van der Waals surface area contributed by atoms with Gasteiger partial charge in [-0.2, -0.15) is 0 Å². The van der Waals surface area contributed by atoms with Crippen LogP contribution in [0.4, 0.5) is 0 Å². The number of benzene rings is 6. The van der Waals surface area contributed by atoms with Gasteiger partial charge in [0.25, 0.3) is 0 Å². The molecule has 0 saturated heterocycles. The Kier molecular flexibility index (Phi) is 4.75. The standard InChI is InChI=1S/C41H28N2S/c1-41(2)32-13-5-3-10-28(32)31-24-26(20-23-33(31)41)25-18-21-27(22-19-25)42-34-14-6-4-11-29(34)38-30-12-9-17-37-39(30)43(40(38)42)35-15-7-8-16-36(35)44-37/h3-24H,1-2H3. The summed E-state index contributed by atoms with van der Waals surface area (Å²) in [5.41, 5.74) is 14.2. The second-order valence-corrected chi connectivity index (χ2v) is 13.7. The lowest BCUT2D eigenvalue weighted by molar-refractivity contribution is 0.660. The molecule has 2 nitrogen and oxygen atoms in total. The Bertz CT molecular complexity index is 2490. The van der Waals surface area contributed by atoms with Crippen LogP contribution in [0.1, 0.15) is 25.0 Å². The Balaban J connectivity index is 1.19. The van der Waals surface area contributed by atoms with Crippen LogP contribution in [0, 0.1) is 0 Å². The monoisotopic (exact) mass is 580 g/mol. The fourth-order valence-electron chi connectivity index (χ4n) is 7.89. The molecular formula is C41H28N2S. The minimum atomic E-state index is 0.0210. The lowest BCUT2D eigenvalue weighted by Crippen LogP contribution is -2.14. The molecule has 1 aliphatic heterocycles. The van der Waals surface area contributed by atoms with Gasteiger partial charge in [0.05, 0.1) is 16.7 Å². The summed E-state index contributed by atoms with van der Waals surface area (Å²) in [5, 5.41) is 3.92. The lowest BCUT2D eigenvalue weighted by Gasteiger charge is -2.21. The predicted octanol–water partition coefficient (Wildman–Crippen LogP) is 11.2. The zero-order valence-electron chi connectivity index (χ0n) is 24.5. The molecule has 0 unspecified atom stereocenters. The molecule has 2 aliphatic rings. The van der Waals surface area contributed by atoms with E-state index in [1.165, 1.54) is 87.4 Å². The molecule has 0 amide bonds. The zero-order valence-corrected chi connectivity index (χ0v) is 25.3. The molecule has 10 rings (SSSR count). The summed E-state index contributed by atoms with van der Waals surface area (Å²) in [6, 6.07) is 49.5. The molecule has 0 fully saturated rings. The van der Waals surface area contributed by atoms with Gasteiger partial charge in [-0.3, -0.25) is 9.13 Å². The second kappa shape index (κ2) is 8.56. The SMILES string of the molecule is CC1(C)c2ccccc2-c2cc(-c3ccc(-n4c5ccccc5c5c6cccc7c6n(c54)-c4ccccc4S7)cc3)ccc21. The van der Waals surface area contributed by atoms with Crippen molar-refractivity contribution in [2.24, 2.45) is 0 Å². The highest BCUT2D eigenvalue weighted by molar-refractivity contribution is 7.99. The molecule has 0 radical (unpaired) electrons. The summed E-state index contributed by atoms with van der Waals surface area (Å²) < 4.78 is 4.96. The van der Waals surface area contributed by atoms with Crippen LogP contribution in [-0.2, 0) is 5.41 Å². The normalized spacial score (nSPS) is 14.2. The van der Waals surface area contributed by atoms with Gasteiger partial charge in [0.1, 0.15) is 5.65 Å². The minimum Gasteiger partial charge on any atom is -0.295 e. The summed E-state index contributed by atoms with van der Waals surface area (Å²) in [5.74, 6) is 0. The van der Waals surface area contributed by atoms with Gasteiger partial charge < -0.3 is 0 Å². The van der Waals surface area contributed by atoms with Gasteiger partial charge in [-0.05, 0) is 75.8 Å². The molecule has 1 aliphatic carbocycles. The number of aromatic nitrogens is 2. The minimum absolute atomic E-state index is 0.0210. The summed E-state index contributed by atoms with van der Waals surface area (Å²) >= 11 is 1.87. The quantitative estimate of drug-likeness (QED) is 0.198. The third-order valence-corrected chi connectivity index (χ3v) is 11.0. The maximum Gasteiger partial charge on any atom is 0.131 e. The van der Waals surface area contributed by atoms with Crippen molar-refractivity contribution >= 4 is 44.6 Å². The van der Waals surface area contributed by atoms with Crippen LogP contribution in [0.5, 0.6) is 0 Å². The van der Waals surface area contributed by atoms with Crippen molar-refractivity contribution in [2.75, 3.05) is 0 Å². The smallest absolute Gasteiger partial charge is 0.131 e. The van der Waals surface area contributed by atoms with Crippen LogP contribution in [0.3, 0.4) is 0 Å². The van der Waals surface area contributed by atoms with Crippen molar-refractivity contribution in [3.8, 4) is 33.6 Å². The lowest BCUT2D eigenvalue weighted by atomic mass is 9.82. The average Bonchev–Trinajstić information content (AvgIpc) is 3.66. The first kappa shape index (κ1) is 24.5. The number of para-hydroxylation sites is 3. The zero-order chi connectivity index (χ0) is 29.2. The van der Waals surface area contributed by atoms with Crippen molar-refractivity contribution in [3.63, 3.8) is 0 Å². The van der Waals surface area contributed by atoms with Gasteiger partial charge in [0.15, 0.2) is 0 Å². The average molecular weight is 581 g/mol. The highest BCUT2D eigenvalue weighted by Gasteiger charge is 2.35. The van der Waals surface area contributed by atoms with Gasteiger partial charge in [-0.1, -0.05) is 117 Å². The molecule has 8 aromatic rings. The highest BCUT2D eigenvalue weighted by atomic mass is 32.2. The summed E-state index contributed by atoms with van der Waals surface area (Å²) in [4.78, 5) is 2.60. The van der Waals surface area contributed by atoms with E-state index in [-0.39, 0.29) is 5.41 Å². The molecule has 0 spiro atoms. The number of rotatable bonds is 2. The molecule has 0 bridgehead atoms. The van der Waals surface area contributed by atoms with E-state index in [0.29, 0.717) is 0 Å². The highest BCUT2D eigenvalue weighted by Crippen LogP contribution is 2.51. The van der Waals surface area contributed by atoms with Crippen LogP contribution in [0.15, 0.2) is 143 Å². The van der Waals surface area contributed by atoms with Crippen LogP contribution < -0.4 is 0 Å². The topological polar surface area (TPSA) is 9.86 Å². The third-order valence-electron chi connectivity index (χ3n) is 9.92. The molecule has 0 atom stereocenters. The molecule has 0 N–H and O–H groups in total. The van der Waals surface area contributed by atoms with E-state index in [2.05, 4.69) is 156 Å². The van der Waals surface area contributed by atoms with Crippen LogP contribution >= 0.6 is 11.8 Å². The van der Waals surface area contributed by atoms with Gasteiger partial charge in [0, 0.05) is 37.1 Å². The second-order valence-electron chi connectivity index (χ2n) is 12.6. The number of hydrogen-bond donors (Lipinski definition) is 0. The van der Waals surface area contributed by atoms with Crippen molar-refractivity contribution in [1.29, 1.82) is 0 Å². The van der Waals surface area contributed by atoms with E-state index in [0.717, 1.165) is 0 Å². The fourth-order valence-corrected chi connectivity index (χ4v) is 8.98. The molecule has 6 aromatic carbocycles. The van der Waals surface area contributed by atoms with Gasteiger partial charge in [0.2, 0.25) is 0 Å². The molecule has 3 heteroatoms. The fraction of sp³-hybridized carbons (Fsp3) is 0.0732. The van der Waals surface area contributed by atoms with E-state index in [9.17, 15) is 0 Å². The molecule has 2 aromatic heterocycles. The van der Waals surface area contributed by atoms with Crippen molar-refractivity contribution in [3.05, 3.63) is 145 Å². The molecule has 208 valence electrons. The molecule has 3 heterocycles. The Morgan fingerprint density at radius 2 is 1.25 bits per heavy atom. The first-order chi connectivity index (χ1) is 21.6. The van der Waals surface area contributed by atoms with E-state index < -0.39 is 0 Å². The third kappa shape index (κ3) is 3.07. The van der Waals surface area contributed by atoms with Gasteiger partial charge in [-0.15, -0.1) is 0 Å². The molecular weight excluding hydrogens is 553 g/mol. The summed E-state index contributed by atoms with van der Waals surface area (Å²) in [6.07, 6.45) is 0. The Labute approximate surface area is 260 Å². The predicted molar refractivity (Wildman–Crippen MR) is 185 cm³/mol. The van der Waals surface area contributed by atoms with E-state index in [1.54, 1.807) is 0 Å². The van der Waals surface area contributed by atoms with Gasteiger partial charge >= 0.3 is 0 Å². The van der Waals surface area contributed by atoms with E-state index in [4.69, 9.17) is 0 Å². The Morgan fingerprint density at radius 3 is 2.16 bits per heavy atom. The van der Waals surface area contributed by atoms with Crippen LogP contribution in [-0.4, -0.2) is 9.13 Å². The first-order valence-corrected chi connectivity index (χ1v) is 16.1. The maximum atomic E-state index is 2.50. The van der Waals surface area contributed by atoms with Crippen molar-refractivity contribution in [1.82, 2.24) is 9.13 Å². The van der Waals surface area contributed by atoms with Crippen LogP contribution in [0.25, 0.3) is 66.5 Å². The first-order valence-electron chi connectivity index (χ1n) is 15.3. The van der Waals surface area contributed by atoms with Crippen molar-refractivity contribution < 1.29 is 0 Å². The van der Waals surface area contributed by atoms with E-state index >= 15 is 0 Å². The molecule has 0 saturated carbocycles. The summed E-state index contributed by atoms with van der Waals surface area (Å²) in [6.45, 7) is 4.68. The van der Waals surface area contributed by atoms with Crippen LogP contribution in [0.2, 0.25) is 0 Å². The molecule has 44 heavy (non-hydrogen) atoms.